The van der Waals surface area contributed by atoms with E-state index in [1.54, 1.807) is 18.6 Å². The van der Waals surface area contributed by atoms with E-state index in [0.29, 0.717) is 11.7 Å². The van der Waals surface area contributed by atoms with Crippen LogP contribution >= 0.6 is 0 Å². The zero-order valence-electron chi connectivity index (χ0n) is 13.5. The lowest BCUT2D eigenvalue weighted by molar-refractivity contribution is -0.0394. The number of amides is 1. The van der Waals surface area contributed by atoms with Gasteiger partial charge < -0.3 is 9.64 Å². The molecule has 4 rings (SSSR count). The maximum atomic E-state index is 12.5. The topological polar surface area (TPSA) is 58.6 Å². The highest BCUT2D eigenvalue weighted by Crippen LogP contribution is 2.38. The van der Waals surface area contributed by atoms with E-state index in [0.717, 1.165) is 39.0 Å². The second-order valence-corrected chi connectivity index (χ2v) is 6.98. The van der Waals surface area contributed by atoms with Gasteiger partial charge in [-0.15, -0.1) is 0 Å². The highest BCUT2D eigenvalue weighted by Gasteiger charge is 2.45. The summed E-state index contributed by atoms with van der Waals surface area (Å²) in [6, 6.07) is 0.583. The predicted molar refractivity (Wildman–Crippen MR) is 85.1 cm³/mol. The maximum Gasteiger partial charge on any atom is 0.274 e. The summed E-state index contributed by atoms with van der Waals surface area (Å²) in [5.41, 5.74) is 0.428. The van der Waals surface area contributed by atoms with Crippen LogP contribution < -0.4 is 0 Å². The summed E-state index contributed by atoms with van der Waals surface area (Å²) in [5.74, 6) is -0.0120. The minimum absolute atomic E-state index is 0.00754. The molecule has 3 saturated heterocycles. The zero-order chi connectivity index (χ0) is 15.7. The Balaban J connectivity index is 1.35. The molecule has 0 aliphatic carbocycles. The molecule has 6 heteroatoms. The van der Waals surface area contributed by atoms with E-state index in [9.17, 15) is 4.79 Å². The fourth-order valence-corrected chi connectivity index (χ4v) is 4.20. The molecule has 4 heterocycles. The van der Waals surface area contributed by atoms with E-state index < -0.39 is 0 Å². The molecule has 0 bridgehead atoms. The van der Waals surface area contributed by atoms with Crippen molar-refractivity contribution >= 4 is 5.91 Å². The number of rotatable bonds is 2. The molecule has 6 nitrogen and oxygen atoms in total. The Morgan fingerprint density at radius 2 is 1.96 bits per heavy atom. The van der Waals surface area contributed by atoms with Gasteiger partial charge in [0.05, 0.1) is 18.4 Å². The van der Waals surface area contributed by atoms with Gasteiger partial charge in [-0.25, -0.2) is 4.98 Å². The first-order valence-corrected chi connectivity index (χ1v) is 8.69. The van der Waals surface area contributed by atoms with Crippen LogP contribution in [0.15, 0.2) is 18.6 Å². The average Bonchev–Trinajstić information content (AvgIpc) is 3.26. The van der Waals surface area contributed by atoms with E-state index in [-0.39, 0.29) is 11.5 Å². The number of ether oxygens (including phenoxy) is 1. The second-order valence-electron chi connectivity index (χ2n) is 6.98. The molecule has 1 atom stereocenters. The number of piperidine rings is 1. The molecule has 0 radical (unpaired) electrons. The Labute approximate surface area is 136 Å². The van der Waals surface area contributed by atoms with Gasteiger partial charge in [-0.05, 0) is 45.2 Å². The number of hydrogen-bond donors (Lipinski definition) is 0. The third-order valence-corrected chi connectivity index (χ3v) is 5.59. The lowest BCUT2D eigenvalue weighted by atomic mass is 9.87. The Morgan fingerprint density at radius 3 is 2.65 bits per heavy atom. The van der Waals surface area contributed by atoms with E-state index in [2.05, 4.69) is 14.9 Å². The molecule has 1 unspecified atom stereocenters. The van der Waals surface area contributed by atoms with Crippen molar-refractivity contribution in [3.63, 3.8) is 0 Å². The lowest BCUT2D eigenvalue weighted by Gasteiger charge is -2.38. The zero-order valence-corrected chi connectivity index (χ0v) is 13.5. The number of carbonyl (C=O) groups is 1. The van der Waals surface area contributed by atoms with Crippen LogP contribution in [0, 0.1) is 0 Å². The average molecular weight is 316 g/mol. The van der Waals surface area contributed by atoms with Crippen molar-refractivity contribution in [1.82, 2.24) is 19.8 Å². The van der Waals surface area contributed by atoms with Crippen molar-refractivity contribution in [3.8, 4) is 0 Å². The van der Waals surface area contributed by atoms with E-state index in [4.69, 9.17) is 4.74 Å². The number of likely N-dealkylation sites (tertiary alicyclic amines) is 2. The van der Waals surface area contributed by atoms with E-state index in [1.807, 2.05) is 4.90 Å². The van der Waals surface area contributed by atoms with Crippen LogP contribution in [0.2, 0.25) is 0 Å². The Kier molecular flexibility index (Phi) is 4.03. The smallest absolute Gasteiger partial charge is 0.274 e. The minimum Gasteiger partial charge on any atom is -0.373 e. The highest BCUT2D eigenvalue weighted by atomic mass is 16.5. The second kappa shape index (κ2) is 6.17. The normalized spacial score (nSPS) is 27.7. The molecule has 3 fully saturated rings. The summed E-state index contributed by atoms with van der Waals surface area (Å²) in [6.07, 6.45) is 10.3. The van der Waals surface area contributed by atoms with Gasteiger partial charge in [-0.3, -0.25) is 14.7 Å². The first-order chi connectivity index (χ1) is 11.3. The van der Waals surface area contributed by atoms with Crippen molar-refractivity contribution in [3.05, 3.63) is 24.3 Å². The first kappa shape index (κ1) is 15.0. The summed E-state index contributed by atoms with van der Waals surface area (Å²) in [5, 5.41) is 0. The molecule has 0 N–H and O–H groups in total. The van der Waals surface area contributed by atoms with Gasteiger partial charge in [0.15, 0.2) is 0 Å². The Morgan fingerprint density at radius 1 is 1.17 bits per heavy atom. The molecule has 1 aromatic rings. The fraction of sp³-hybridized carbons (Fsp3) is 0.706. The maximum absolute atomic E-state index is 12.5. The largest absolute Gasteiger partial charge is 0.373 e. The highest BCUT2D eigenvalue weighted by molar-refractivity contribution is 5.92. The number of hydrogen-bond acceptors (Lipinski definition) is 5. The third kappa shape index (κ3) is 2.97. The summed E-state index contributed by atoms with van der Waals surface area (Å²) in [4.78, 5) is 25.0. The van der Waals surface area contributed by atoms with Crippen LogP contribution in [0.25, 0.3) is 0 Å². The third-order valence-electron chi connectivity index (χ3n) is 5.59. The first-order valence-electron chi connectivity index (χ1n) is 8.69. The number of aromatic nitrogens is 2. The van der Waals surface area contributed by atoms with Gasteiger partial charge in [-0.2, -0.15) is 0 Å². The van der Waals surface area contributed by atoms with Crippen LogP contribution in [0.5, 0.6) is 0 Å². The summed E-state index contributed by atoms with van der Waals surface area (Å²) in [7, 11) is 0. The summed E-state index contributed by atoms with van der Waals surface area (Å²) in [6.45, 7) is 4.81. The standard InChI is InChI=1S/C17H24N4O2/c22-16(15-12-18-5-6-19-15)21-9-3-17(4-10-21)11-14(13-23-17)20-7-1-2-8-20/h5-6,12,14H,1-4,7-11,13H2. The molecule has 3 aliphatic rings. The lowest BCUT2D eigenvalue weighted by Crippen LogP contribution is -2.47. The molecule has 124 valence electrons. The molecule has 23 heavy (non-hydrogen) atoms. The molecule has 1 aromatic heterocycles. The van der Waals surface area contributed by atoms with Crippen LogP contribution in [-0.2, 0) is 4.74 Å². The van der Waals surface area contributed by atoms with Gasteiger partial charge >= 0.3 is 0 Å². The predicted octanol–water partition coefficient (Wildman–Crippen LogP) is 1.34. The van der Waals surface area contributed by atoms with Crippen LogP contribution in [0.4, 0.5) is 0 Å². The SMILES string of the molecule is O=C(c1cnccn1)N1CCC2(CC1)CC(N1CCCC1)CO2. The van der Waals surface area contributed by atoms with Crippen LogP contribution in [0.1, 0.15) is 42.6 Å². The quantitative estimate of drug-likeness (QED) is 0.824. The summed E-state index contributed by atoms with van der Waals surface area (Å²) >= 11 is 0. The minimum atomic E-state index is -0.0120. The molecule has 0 saturated carbocycles. The van der Waals surface area contributed by atoms with E-state index in [1.165, 1.54) is 25.9 Å². The van der Waals surface area contributed by atoms with Gasteiger partial charge in [0, 0.05) is 31.5 Å². The van der Waals surface area contributed by atoms with Crippen molar-refractivity contribution in [2.24, 2.45) is 0 Å². The molecule has 1 amide bonds. The van der Waals surface area contributed by atoms with Crippen molar-refractivity contribution in [2.75, 3.05) is 32.8 Å². The molecule has 0 aromatic carbocycles. The van der Waals surface area contributed by atoms with Gasteiger partial charge in [0.1, 0.15) is 5.69 Å². The van der Waals surface area contributed by atoms with Crippen LogP contribution in [0.3, 0.4) is 0 Å². The Bertz CT molecular complexity index is 551. The fourth-order valence-electron chi connectivity index (χ4n) is 4.20. The van der Waals surface area contributed by atoms with Crippen molar-refractivity contribution in [1.29, 1.82) is 0 Å². The van der Waals surface area contributed by atoms with Gasteiger partial charge in [0.25, 0.3) is 5.91 Å². The van der Waals surface area contributed by atoms with Crippen LogP contribution in [-0.4, -0.2) is 70.1 Å². The van der Waals surface area contributed by atoms with Crippen molar-refractivity contribution < 1.29 is 9.53 Å². The van der Waals surface area contributed by atoms with Gasteiger partial charge in [0.2, 0.25) is 0 Å². The van der Waals surface area contributed by atoms with E-state index >= 15 is 0 Å². The molecular formula is C17H24N4O2. The molecule has 3 aliphatic heterocycles. The summed E-state index contributed by atoms with van der Waals surface area (Å²) < 4.78 is 6.23. The van der Waals surface area contributed by atoms with Crippen molar-refractivity contribution in [2.45, 2.75) is 43.7 Å². The molecular weight excluding hydrogens is 292 g/mol. The Hall–Kier alpha value is -1.53. The number of nitrogens with zero attached hydrogens (tertiary/aromatic N) is 4. The van der Waals surface area contributed by atoms with Gasteiger partial charge in [-0.1, -0.05) is 0 Å². The molecule has 1 spiro atoms. The monoisotopic (exact) mass is 316 g/mol. The number of carbonyl (C=O) groups excluding carboxylic acids is 1.